The lowest BCUT2D eigenvalue weighted by Crippen LogP contribution is -2.26. The molecule has 6 N–H and O–H groups in total. The maximum Gasteiger partial charge on any atom is 0.243 e. The minimum absolute atomic E-state index is 0.0165. The number of Topliss-reactive ketones (excluding diaryl/α,β-unsaturated/α-hetero) is 1. The van der Waals surface area contributed by atoms with Gasteiger partial charge in [0.25, 0.3) is 0 Å². The number of phenols is 1. The van der Waals surface area contributed by atoms with E-state index in [0.29, 0.717) is 23.9 Å². The number of ether oxygens (including phenoxy) is 1. The number of thioether (sulfide) groups is 3. The number of carbonyl (C=O) groups excluding carboxylic acids is 3. The molecule has 2 amide bonds. The Morgan fingerprint density at radius 3 is 1.61 bits per heavy atom. The van der Waals surface area contributed by atoms with Gasteiger partial charge in [-0.3, -0.25) is 29.4 Å². The lowest BCUT2D eigenvalue weighted by Gasteiger charge is -2.05. The molecule has 0 bridgehead atoms. The van der Waals surface area contributed by atoms with E-state index >= 15 is 0 Å². The van der Waals surface area contributed by atoms with Crippen LogP contribution in [-0.4, -0.2) is 93.3 Å². The molecule has 0 unspecified atom stereocenters. The van der Waals surface area contributed by atoms with Crippen molar-refractivity contribution in [2.24, 2.45) is 26.4 Å². The zero-order valence-corrected chi connectivity index (χ0v) is 37.6. The molecule has 3 aromatic heterocycles. The lowest BCUT2D eigenvalue weighted by molar-refractivity contribution is -0.119. The zero-order valence-electron chi connectivity index (χ0n) is 32.7. The van der Waals surface area contributed by atoms with E-state index in [1.165, 1.54) is 46.2 Å². The summed E-state index contributed by atoms with van der Waals surface area (Å²) in [4.78, 5) is 60.3. The smallest absolute Gasteiger partial charge is 0.243 e. The zero-order chi connectivity index (χ0) is 43.3. The number of hydrogen-bond acceptors (Lipinski definition) is 18. The molecule has 3 aliphatic heterocycles. The average molecular weight is 941 g/mol. The van der Waals surface area contributed by atoms with Crippen LogP contribution in [0.3, 0.4) is 0 Å². The second-order valence-electron chi connectivity index (χ2n) is 13.8. The van der Waals surface area contributed by atoms with E-state index in [4.69, 9.17) is 21.3 Å². The molecule has 3 aliphatic rings. The molecule has 6 heterocycles. The molecule has 0 aliphatic carbocycles. The topological polar surface area (TPSA) is 229 Å². The summed E-state index contributed by atoms with van der Waals surface area (Å²) in [5, 5.41) is 23.4. The van der Waals surface area contributed by atoms with Gasteiger partial charge in [-0.25, -0.2) is 15.0 Å². The number of nitrogens with zero attached hydrogens (tertiary/aromatic N) is 6. The number of ketones is 1. The molecule has 0 radical (unpaired) electrons. The van der Waals surface area contributed by atoms with Gasteiger partial charge in [0.2, 0.25) is 11.8 Å². The van der Waals surface area contributed by atoms with E-state index in [0.717, 1.165) is 77.7 Å². The Labute approximate surface area is 379 Å². The second kappa shape index (κ2) is 19.4. The van der Waals surface area contributed by atoms with E-state index in [-0.39, 0.29) is 24.2 Å². The minimum atomic E-state index is -0.453. The van der Waals surface area contributed by atoms with Crippen molar-refractivity contribution in [2.75, 3.05) is 17.3 Å². The van der Waals surface area contributed by atoms with Crippen molar-refractivity contribution in [1.29, 1.82) is 0 Å². The van der Waals surface area contributed by atoms with Crippen LogP contribution in [0.2, 0.25) is 0 Å². The van der Waals surface area contributed by atoms with Crippen molar-refractivity contribution >= 4 is 133 Å². The highest BCUT2D eigenvalue weighted by Crippen LogP contribution is 2.34. The number of aromatic nitrogens is 3. The first kappa shape index (κ1) is 43.4. The van der Waals surface area contributed by atoms with E-state index in [1.807, 2.05) is 66.7 Å². The van der Waals surface area contributed by atoms with Gasteiger partial charge in [-0.15, -0.1) is 69.3 Å². The molecule has 14 nitrogen and oxygen atoms in total. The number of amides is 2. The SMILES string of the molecule is CC(=O)[C@H]1CSC(c2nc3ccc(OCc4ccccc4)cc3s2)=N1.NC(=O)[C@H]1CSC(c2nc3ccc(CO)cc3s2)=N1.NC(=O)[C@H]1CSC(c2nc3ccc(O)cc3s2)=N1. The Morgan fingerprint density at radius 2 is 1.11 bits per heavy atom. The summed E-state index contributed by atoms with van der Waals surface area (Å²) < 4.78 is 8.85. The van der Waals surface area contributed by atoms with Crippen LogP contribution < -0.4 is 16.2 Å². The first-order chi connectivity index (χ1) is 30.0. The largest absolute Gasteiger partial charge is 0.508 e. The Kier molecular flexibility index (Phi) is 13.6. The molecule has 316 valence electrons. The number of benzene rings is 4. The third-order valence-electron chi connectivity index (χ3n) is 9.24. The van der Waals surface area contributed by atoms with E-state index in [9.17, 15) is 19.5 Å². The fourth-order valence-electron chi connectivity index (χ4n) is 5.96. The first-order valence-electron chi connectivity index (χ1n) is 18.9. The molecule has 0 saturated heterocycles. The van der Waals surface area contributed by atoms with Crippen LogP contribution >= 0.6 is 69.3 Å². The summed E-state index contributed by atoms with van der Waals surface area (Å²) in [5.41, 5.74) is 15.1. The fraction of sp³-hybridized carbons (Fsp3) is 0.214. The number of aliphatic imine (C=N–C) groups is 3. The van der Waals surface area contributed by atoms with Crippen molar-refractivity contribution in [2.45, 2.75) is 38.3 Å². The van der Waals surface area contributed by atoms with Crippen molar-refractivity contribution < 1.29 is 29.3 Å². The number of thiazole rings is 3. The van der Waals surface area contributed by atoms with Crippen LogP contribution in [0, 0.1) is 0 Å². The predicted octanol–water partition coefficient (Wildman–Crippen LogP) is 6.81. The normalized spacial score (nSPS) is 18.1. The molecular formula is C42H36N8O6S6. The van der Waals surface area contributed by atoms with E-state index < -0.39 is 23.9 Å². The number of primary amides is 2. The fourth-order valence-corrected chi connectivity index (χ4v) is 12.4. The summed E-state index contributed by atoms with van der Waals surface area (Å²) in [6.45, 7) is 2.15. The number of aromatic hydroxyl groups is 1. The van der Waals surface area contributed by atoms with Crippen LogP contribution in [0.5, 0.6) is 11.5 Å². The number of phenolic OH excluding ortho intramolecular Hbond substituents is 1. The summed E-state index contributed by atoms with van der Waals surface area (Å²) in [7, 11) is 0. The molecule has 0 spiro atoms. The Morgan fingerprint density at radius 1 is 0.629 bits per heavy atom. The third-order valence-corrected chi connectivity index (χ3v) is 15.9. The Hall–Kier alpha value is -5.22. The number of aliphatic hydroxyl groups excluding tert-OH is 1. The van der Waals surface area contributed by atoms with Crippen molar-refractivity contribution in [3.8, 4) is 11.5 Å². The highest BCUT2D eigenvalue weighted by Gasteiger charge is 2.27. The van der Waals surface area contributed by atoms with Crippen LogP contribution in [-0.2, 0) is 27.6 Å². The van der Waals surface area contributed by atoms with Gasteiger partial charge in [-0.05, 0) is 66.6 Å². The van der Waals surface area contributed by atoms with Gasteiger partial charge < -0.3 is 26.4 Å². The van der Waals surface area contributed by atoms with Gasteiger partial charge in [0.1, 0.15) is 66.4 Å². The van der Waals surface area contributed by atoms with Gasteiger partial charge >= 0.3 is 0 Å². The maximum atomic E-state index is 11.5. The monoisotopic (exact) mass is 940 g/mol. The minimum Gasteiger partial charge on any atom is -0.508 e. The molecule has 0 fully saturated rings. The molecule has 10 rings (SSSR count). The van der Waals surface area contributed by atoms with Gasteiger partial charge in [0.15, 0.2) is 5.78 Å². The summed E-state index contributed by atoms with van der Waals surface area (Å²) in [6, 6.07) is 25.6. The Bertz CT molecular complexity index is 2910. The van der Waals surface area contributed by atoms with Crippen LogP contribution in [0.25, 0.3) is 30.6 Å². The number of rotatable bonds is 10. The number of carbonyl (C=O) groups is 3. The molecule has 20 heteroatoms. The van der Waals surface area contributed by atoms with Crippen LogP contribution in [0.1, 0.15) is 33.1 Å². The second-order valence-corrected chi connectivity index (χ2v) is 19.9. The van der Waals surface area contributed by atoms with Crippen LogP contribution in [0.15, 0.2) is 99.9 Å². The molecule has 0 saturated carbocycles. The summed E-state index contributed by atoms with van der Waals surface area (Å²) >= 11 is 9.14. The highest BCUT2D eigenvalue weighted by molar-refractivity contribution is 8.15. The Balaban J connectivity index is 0.000000130. The number of aliphatic hydroxyl groups is 1. The van der Waals surface area contributed by atoms with Gasteiger partial charge in [-0.1, -0.05) is 36.4 Å². The molecule has 7 aromatic rings. The lowest BCUT2D eigenvalue weighted by atomic mass is 10.2. The van der Waals surface area contributed by atoms with Crippen molar-refractivity contribution in [3.63, 3.8) is 0 Å². The highest BCUT2D eigenvalue weighted by atomic mass is 32.2. The van der Waals surface area contributed by atoms with Gasteiger partial charge in [0, 0.05) is 17.3 Å². The number of hydrogen-bond donors (Lipinski definition) is 4. The number of nitrogens with two attached hydrogens (primary N) is 2. The molecule has 4 aromatic carbocycles. The van der Waals surface area contributed by atoms with Crippen molar-refractivity contribution in [1.82, 2.24) is 15.0 Å². The summed E-state index contributed by atoms with van der Waals surface area (Å²) in [5.74, 6) is 2.23. The van der Waals surface area contributed by atoms with E-state index in [2.05, 4.69) is 29.9 Å². The third kappa shape index (κ3) is 10.3. The molecular weight excluding hydrogens is 905 g/mol. The predicted molar refractivity (Wildman–Crippen MR) is 255 cm³/mol. The van der Waals surface area contributed by atoms with E-state index in [1.54, 1.807) is 48.2 Å². The van der Waals surface area contributed by atoms with Crippen molar-refractivity contribution in [3.05, 3.63) is 111 Å². The summed E-state index contributed by atoms with van der Waals surface area (Å²) in [6.07, 6.45) is 0. The van der Waals surface area contributed by atoms with Crippen LogP contribution in [0.4, 0.5) is 0 Å². The standard InChI is InChI=1S/C19H16N2O2S2.C12H11N3O2S2.C11H9N3O2S2/c1-12(22)16-11-24-18(21-16)19-20-15-8-7-14(9-17(15)25-19)23-10-13-5-3-2-4-6-13;13-10(17)8-5-18-11(15-8)12-14-7-2-1-6(4-16)3-9(7)19-12;12-9(16)7-4-17-10(14-7)11-13-6-2-1-5(15)3-8(6)18-11/h2-9,16H,10-11H2,1H3;1-3,8,16H,4-5H2,(H2,13,17);1-3,7,15H,4H2,(H2,12,16)/t16-;8-;7-/m111/s1. The maximum absolute atomic E-state index is 11.5. The van der Waals surface area contributed by atoms with Gasteiger partial charge in [0.05, 0.1) is 37.3 Å². The number of fused-ring (bicyclic) bond motifs is 3. The first-order valence-corrected chi connectivity index (χ1v) is 24.3. The average Bonchev–Trinajstić information content (AvgIpc) is 4.13. The molecule has 3 atom stereocenters. The quantitative estimate of drug-likeness (QED) is 0.111. The molecule has 62 heavy (non-hydrogen) atoms. The van der Waals surface area contributed by atoms with Gasteiger partial charge in [-0.2, -0.15) is 0 Å².